The van der Waals surface area contributed by atoms with E-state index in [2.05, 4.69) is 6.58 Å². The van der Waals surface area contributed by atoms with Gasteiger partial charge in [-0.05, 0) is 39.8 Å². The molecule has 1 N–H and O–H groups in total. The van der Waals surface area contributed by atoms with Crippen LogP contribution in [0, 0.1) is 0 Å². The lowest BCUT2D eigenvalue weighted by Crippen LogP contribution is -2.21. The first-order chi connectivity index (χ1) is 13.8. The Morgan fingerprint density at radius 2 is 1.41 bits per heavy atom. The minimum Gasteiger partial charge on any atom is -0.478 e. The van der Waals surface area contributed by atoms with Crippen molar-refractivity contribution in [3.05, 3.63) is 96.1 Å². The van der Waals surface area contributed by atoms with Crippen LogP contribution in [0.4, 0.5) is 0 Å². The summed E-state index contributed by atoms with van der Waals surface area (Å²) >= 11 is 0. The lowest BCUT2D eigenvalue weighted by Gasteiger charge is -2.29. The molecule has 146 valence electrons. The van der Waals surface area contributed by atoms with Crippen molar-refractivity contribution in [1.29, 1.82) is 0 Å². The van der Waals surface area contributed by atoms with E-state index in [1.165, 1.54) is 6.08 Å². The number of ketones is 1. The van der Waals surface area contributed by atoms with Crippen LogP contribution >= 0.6 is 0 Å². The Morgan fingerprint density at radius 1 is 0.897 bits per heavy atom. The first-order valence-corrected chi connectivity index (χ1v) is 9.48. The van der Waals surface area contributed by atoms with E-state index in [-0.39, 0.29) is 11.3 Å². The molecule has 3 aromatic carbocycles. The maximum atomic E-state index is 13.1. The van der Waals surface area contributed by atoms with Gasteiger partial charge in [-0.2, -0.15) is 0 Å². The number of hydrogen-bond acceptors (Lipinski definition) is 2. The molecule has 0 aliphatic heterocycles. The third-order valence-corrected chi connectivity index (χ3v) is 4.89. The van der Waals surface area contributed by atoms with Crippen LogP contribution in [-0.2, 0) is 5.41 Å². The number of aromatic carboxylic acids is 1. The van der Waals surface area contributed by atoms with Crippen molar-refractivity contribution in [2.75, 3.05) is 0 Å². The minimum absolute atomic E-state index is 0.105. The molecule has 0 saturated carbocycles. The molecule has 3 nitrogen and oxygen atoms in total. The summed E-state index contributed by atoms with van der Waals surface area (Å²) in [6, 6.07) is 20.5. The minimum atomic E-state index is -1.07. The highest BCUT2D eigenvalue weighted by molar-refractivity contribution is 6.15. The summed E-state index contributed by atoms with van der Waals surface area (Å²) < 4.78 is 0. The highest BCUT2D eigenvalue weighted by Gasteiger charge is 2.31. The quantitative estimate of drug-likeness (QED) is 0.410. The summed E-state index contributed by atoms with van der Waals surface area (Å²) in [4.78, 5) is 25.4. The summed E-state index contributed by atoms with van der Waals surface area (Å²) in [5.41, 5.74) is 3.67. The molecular weight excluding hydrogens is 360 g/mol. The monoisotopic (exact) mass is 384 g/mol. The maximum absolute atomic E-state index is 13.1. The highest BCUT2D eigenvalue weighted by atomic mass is 16.4. The molecule has 0 unspecified atom stereocenters. The Labute approximate surface area is 171 Å². The van der Waals surface area contributed by atoms with Gasteiger partial charge >= 0.3 is 5.97 Å². The van der Waals surface area contributed by atoms with Gasteiger partial charge in [0.1, 0.15) is 0 Å². The number of carboxylic acids is 1. The molecule has 0 atom stereocenters. The summed E-state index contributed by atoms with van der Waals surface area (Å²) in [7, 11) is 0. The second-order valence-corrected chi connectivity index (χ2v) is 7.95. The number of rotatable bonds is 5. The van der Waals surface area contributed by atoms with E-state index in [0.29, 0.717) is 16.7 Å². The molecule has 0 aliphatic carbocycles. The molecule has 0 heterocycles. The number of benzene rings is 3. The fourth-order valence-corrected chi connectivity index (χ4v) is 3.73. The zero-order valence-electron chi connectivity index (χ0n) is 16.9. The maximum Gasteiger partial charge on any atom is 0.336 e. The van der Waals surface area contributed by atoms with Crippen molar-refractivity contribution in [2.24, 2.45) is 0 Å². The zero-order valence-corrected chi connectivity index (χ0v) is 16.9. The summed E-state index contributed by atoms with van der Waals surface area (Å²) in [6.07, 6.45) is 1.26. The van der Waals surface area contributed by atoms with Gasteiger partial charge in [0.15, 0.2) is 5.78 Å². The first-order valence-electron chi connectivity index (χ1n) is 9.48. The van der Waals surface area contributed by atoms with Crippen LogP contribution in [-0.4, -0.2) is 16.9 Å². The zero-order chi connectivity index (χ0) is 21.2. The molecule has 0 bridgehead atoms. The van der Waals surface area contributed by atoms with Gasteiger partial charge in [-0.1, -0.05) is 88.0 Å². The molecule has 0 saturated heterocycles. The first kappa shape index (κ1) is 20.3. The van der Waals surface area contributed by atoms with E-state index in [4.69, 9.17) is 0 Å². The Hall–Kier alpha value is -3.46. The molecule has 0 spiro atoms. The molecule has 3 rings (SSSR count). The fourth-order valence-electron chi connectivity index (χ4n) is 3.73. The van der Waals surface area contributed by atoms with Gasteiger partial charge < -0.3 is 5.11 Å². The average molecular weight is 384 g/mol. The fraction of sp³-hybridized carbons (Fsp3) is 0.154. The SMILES string of the molecule is C=CC(=O)c1c(-c2ccccc2)c(C(=O)O)cc(-c2ccccc2)c1C(C)(C)C. The van der Waals surface area contributed by atoms with Crippen molar-refractivity contribution in [2.45, 2.75) is 26.2 Å². The Bertz CT molecular complexity index is 1070. The topological polar surface area (TPSA) is 54.4 Å². The number of allylic oxidation sites excluding steroid dienone is 1. The van der Waals surface area contributed by atoms with Crippen molar-refractivity contribution in [1.82, 2.24) is 0 Å². The average Bonchev–Trinajstić information content (AvgIpc) is 2.72. The Kier molecular flexibility index (Phi) is 5.51. The third-order valence-electron chi connectivity index (χ3n) is 4.89. The van der Waals surface area contributed by atoms with Gasteiger partial charge in [0.2, 0.25) is 0 Å². The summed E-state index contributed by atoms with van der Waals surface area (Å²) in [6.45, 7) is 9.77. The van der Waals surface area contributed by atoms with Crippen LogP contribution in [0.15, 0.2) is 79.4 Å². The van der Waals surface area contributed by atoms with Gasteiger partial charge in [-0.25, -0.2) is 4.79 Å². The van der Waals surface area contributed by atoms with E-state index in [1.807, 2.05) is 81.4 Å². The van der Waals surface area contributed by atoms with E-state index >= 15 is 0 Å². The van der Waals surface area contributed by atoms with Crippen LogP contribution in [0.1, 0.15) is 47.1 Å². The van der Waals surface area contributed by atoms with Crippen LogP contribution in [0.25, 0.3) is 22.3 Å². The standard InChI is InChI=1S/C26H24O3/c1-5-21(27)23-22(18-14-10-7-11-15-18)20(25(28)29)16-19(24(23)26(2,3)4)17-12-8-6-9-13-17/h5-16H,1H2,2-4H3,(H,28,29). The van der Waals surface area contributed by atoms with Crippen LogP contribution in [0.5, 0.6) is 0 Å². The molecule has 29 heavy (non-hydrogen) atoms. The van der Waals surface area contributed by atoms with Crippen LogP contribution in [0.3, 0.4) is 0 Å². The molecule has 3 heteroatoms. The molecule has 0 amide bonds. The Morgan fingerprint density at radius 3 is 1.86 bits per heavy atom. The number of carbonyl (C=O) groups is 2. The lowest BCUT2D eigenvalue weighted by atomic mass is 9.74. The molecule has 0 aromatic heterocycles. The van der Waals surface area contributed by atoms with Gasteiger partial charge in [0, 0.05) is 11.1 Å². The van der Waals surface area contributed by atoms with Gasteiger partial charge in [0.05, 0.1) is 5.56 Å². The van der Waals surface area contributed by atoms with E-state index < -0.39 is 11.4 Å². The van der Waals surface area contributed by atoms with Crippen molar-refractivity contribution in [3.63, 3.8) is 0 Å². The molecule has 0 fully saturated rings. The molecule has 3 aromatic rings. The normalized spacial score (nSPS) is 11.1. The summed E-state index contributed by atoms with van der Waals surface area (Å²) in [5, 5.41) is 10.0. The van der Waals surface area contributed by atoms with Gasteiger partial charge in [0.25, 0.3) is 0 Å². The van der Waals surface area contributed by atoms with Crippen molar-refractivity contribution >= 4 is 11.8 Å². The third kappa shape index (κ3) is 3.90. The molecule has 0 radical (unpaired) electrons. The number of carboxylic acid groups (broad SMARTS) is 1. The van der Waals surface area contributed by atoms with Crippen molar-refractivity contribution in [3.8, 4) is 22.3 Å². The van der Waals surface area contributed by atoms with Crippen molar-refractivity contribution < 1.29 is 14.7 Å². The number of carbonyl (C=O) groups excluding carboxylic acids is 1. The van der Waals surface area contributed by atoms with Crippen LogP contribution in [0.2, 0.25) is 0 Å². The lowest BCUT2D eigenvalue weighted by molar-refractivity contribution is 0.0697. The molecule has 0 aliphatic rings. The van der Waals surface area contributed by atoms with Crippen LogP contribution < -0.4 is 0 Å². The predicted molar refractivity (Wildman–Crippen MR) is 118 cm³/mol. The van der Waals surface area contributed by atoms with Gasteiger partial charge in [-0.3, -0.25) is 4.79 Å². The number of hydrogen-bond donors (Lipinski definition) is 1. The Balaban J connectivity index is 2.58. The smallest absolute Gasteiger partial charge is 0.336 e. The second-order valence-electron chi connectivity index (χ2n) is 7.95. The van der Waals surface area contributed by atoms with E-state index in [1.54, 1.807) is 6.07 Å². The van der Waals surface area contributed by atoms with E-state index in [9.17, 15) is 14.7 Å². The predicted octanol–water partition coefficient (Wildman–Crippen LogP) is 6.39. The highest BCUT2D eigenvalue weighted by Crippen LogP contribution is 2.42. The van der Waals surface area contributed by atoms with Gasteiger partial charge in [-0.15, -0.1) is 0 Å². The summed E-state index contributed by atoms with van der Waals surface area (Å²) in [5.74, 6) is -1.35. The largest absolute Gasteiger partial charge is 0.478 e. The van der Waals surface area contributed by atoms with E-state index in [0.717, 1.165) is 16.7 Å². The molecular formula is C26H24O3. The second kappa shape index (κ2) is 7.88.